The fourth-order valence-electron chi connectivity index (χ4n) is 19.2. The predicted molar refractivity (Wildman–Crippen MR) is 527 cm³/mol. The third-order valence-corrected chi connectivity index (χ3v) is 26.8. The molecule has 14 atom stereocenters. The van der Waals surface area contributed by atoms with Crippen LogP contribution in [0.15, 0.2) is 152 Å². The van der Waals surface area contributed by atoms with Crippen LogP contribution in [0.4, 0.5) is 0 Å². The van der Waals surface area contributed by atoms with Crippen LogP contribution in [0.2, 0.25) is 0 Å². The number of amides is 12. The highest BCUT2D eigenvalue weighted by Crippen LogP contribution is 2.31. The van der Waals surface area contributed by atoms with Crippen LogP contribution in [0.1, 0.15) is 152 Å². The summed E-state index contributed by atoms with van der Waals surface area (Å²) in [5, 5.41) is 60.7. The molecule has 3 fully saturated rings. The number of para-hydroxylation sites is 5. The normalized spacial score (nSPS) is 17.2. The number of carboxylic acid groups (broad SMARTS) is 1. The number of aromatic nitrogens is 5. The molecule has 3 aliphatic heterocycles. The van der Waals surface area contributed by atoms with Gasteiger partial charge in [-0.05, 0) is 166 Å². The molecule has 0 saturated carbocycles. The Balaban J connectivity index is 0.770. The van der Waals surface area contributed by atoms with Crippen molar-refractivity contribution in [3.05, 3.63) is 180 Å². The molecule has 13 rings (SSSR count). The van der Waals surface area contributed by atoms with Crippen LogP contribution in [0.25, 0.3) is 54.5 Å². The number of nitrogens with two attached hydrogens (primary N) is 4. The summed E-state index contributed by atoms with van der Waals surface area (Å²) < 4.78 is 0. The lowest BCUT2D eigenvalue weighted by molar-refractivity contribution is -0.144. The summed E-state index contributed by atoms with van der Waals surface area (Å²) in [5.41, 5.74) is 30.3. The van der Waals surface area contributed by atoms with Crippen LogP contribution in [-0.2, 0) is 94.4 Å². The number of carbonyl (C=O) groups is 13. The molecule has 139 heavy (non-hydrogen) atoms. The van der Waals surface area contributed by atoms with Gasteiger partial charge in [0.15, 0.2) is 11.9 Å². The number of rotatable bonds is 48. The maximum atomic E-state index is 16.2. The number of nitrogens with zero attached hydrogens (tertiary/aromatic N) is 3. The predicted octanol–water partition coefficient (Wildman–Crippen LogP) is 4.10. The second-order valence-corrected chi connectivity index (χ2v) is 37.1. The second-order valence-electron chi connectivity index (χ2n) is 37.1. The van der Waals surface area contributed by atoms with Crippen molar-refractivity contribution in [1.82, 2.24) is 98.1 Å². The van der Waals surface area contributed by atoms with E-state index in [1.807, 2.05) is 135 Å². The lowest BCUT2D eigenvalue weighted by atomic mass is 9.97. The molecule has 3 saturated heterocycles. The topological polar surface area (TPSA) is 615 Å². The summed E-state index contributed by atoms with van der Waals surface area (Å²) >= 11 is 0. The molecule has 27 N–H and O–H groups in total. The van der Waals surface area contributed by atoms with Gasteiger partial charge in [0.25, 0.3) is 0 Å². The molecule has 39 nitrogen and oxygen atoms in total. The van der Waals surface area contributed by atoms with E-state index in [1.54, 1.807) is 44.8 Å². The van der Waals surface area contributed by atoms with Crippen LogP contribution in [0.3, 0.4) is 0 Å². The minimum Gasteiger partial charge on any atom is -0.480 e. The van der Waals surface area contributed by atoms with Gasteiger partial charge in [0.2, 0.25) is 70.9 Å². The molecule has 0 spiro atoms. The van der Waals surface area contributed by atoms with E-state index < -0.39 is 161 Å². The Morgan fingerprint density at radius 2 is 0.683 bits per heavy atom. The maximum Gasteiger partial charge on any atom is 0.326 e. The maximum absolute atomic E-state index is 16.2. The van der Waals surface area contributed by atoms with Crippen molar-refractivity contribution in [2.24, 2.45) is 34.8 Å². The number of guanidine groups is 2. The minimum absolute atomic E-state index is 0.00286. The molecule has 5 aromatic heterocycles. The van der Waals surface area contributed by atoms with E-state index in [0.717, 1.165) is 54.5 Å². The number of hydrogen-bond donors (Lipinski definition) is 23. The van der Waals surface area contributed by atoms with Crippen LogP contribution in [-0.4, -0.2) is 251 Å². The molecule has 0 bridgehead atoms. The van der Waals surface area contributed by atoms with Crippen LogP contribution < -0.4 is 81.4 Å². The zero-order chi connectivity index (χ0) is 99.1. The first-order chi connectivity index (χ1) is 66.9. The Morgan fingerprint density at radius 3 is 1.01 bits per heavy atom. The average Bonchev–Trinajstić information content (AvgIpc) is 1.66. The van der Waals surface area contributed by atoms with Gasteiger partial charge in [-0.25, -0.2) is 4.79 Å². The van der Waals surface area contributed by atoms with Gasteiger partial charge in [-0.1, -0.05) is 125 Å². The number of nitrogens with one attached hydrogen (secondary N) is 18. The number of unbranched alkanes of at least 4 members (excludes halogenated alkanes) is 1. The quantitative estimate of drug-likeness (QED) is 0.0145. The number of carboxylic acids is 1. The van der Waals surface area contributed by atoms with Crippen molar-refractivity contribution in [3.63, 3.8) is 0 Å². The largest absolute Gasteiger partial charge is 0.480 e. The Labute approximate surface area is 804 Å². The Morgan fingerprint density at radius 1 is 0.388 bits per heavy atom. The highest BCUT2D eigenvalue weighted by Gasteiger charge is 2.46. The Hall–Kier alpha value is -14.6. The molecule has 8 heterocycles. The van der Waals surface area contributed by atoms with Gasteiger partial charge < -0.3 is 126 Å². The molecule has 5 aromatic carbocycles. The molecular weight excluding hydrogens is 1780 g/mol. The molecular formula is C100H131N25O14. The lowest BCUT2D eigenvalue weighted by Gasteiger charge is -2.32. The highest BCUT2D eigenvalue weighted by molar-refractivity contribution is 6.02. The van der Waals surface area contributed by atoms with Crippen molar-refractivity contribution in [2.75, 3.05) is 39.3 Å². The Kier molecular flexibility index (Phi) is 35.1. The SMILES string of the molecule is CC[C@H](C)[C@H](NC(=O)[C@H](CC(C)C)NC(=O)[C@@H]1CCCN1C(=O)[C@H](Cc1c[nH]c2ccccc12)NC(=O)[C@H](CCCCN)NC(=O)[C@H](Cc1c[nH]c2ccccc12)NC(=O)[C@@H]1CCCN1C(=O)[C@H](Cc1c[nH]c2ccccc12)NC(=O)[C@H](Cc1c[nH]c2ccccc12)NC(=O)[C@@H]1CCCN1C(=O)[C@H](Cc1c[nH]c2ccccc12)NC(=O)[C@H](CCCNC(=N)N)NC(=O)[C@@H](N)CCCNC(=N)N)C(=O)O. The van der Waals surface area contributed by atoms with Gasteiger partial charge in [0.1, 0.15) is 72.5 Å². The number of likely N-dealkylation sites (tertiary alicyclic amines) is 3. The first kappa shape index (κ1) is 102. The van der Waals surface area contributed by atoms with Gasteiger partial charge in [0.05, 0.1) is 6.04 Å². The van der Waals surface area contributed by atoms with Gasteiger partial charge >= 0.3 is 5.97 Å². The number of aromatic amines is 5. The molecule has 740 valence electrons. The molecule has 10 aromatic rings. The van der Waals surface area contributed by atoms with Gasteiger partial charge in [-0.3, -0.25) is 68.4 Å². The monoisotopic (exact) mass is 1910 g/mol. The van der Waals surface area contributed by atoms with Crippen LogP contribution in [0.5, 0.6) is 0 Å². The van der Waals surface area contributed by atoms with E-state index in [9.17, 15) is 29.1 Å². The second kappa shape index (κ2) is 47.9. The molecule has 12 amide bonds. The summed E-state index contributed by atoms with van der Waals surface area (Å²) in [6.45, 7) is 7.99. The molecule has 0 radical (unpaired) electrons. The zero-order valence-electron chi connectivity index (χ0n) is 78.9. The summed E-state index contributed by atoms with van der Waals surface area (Å²) in [4.78, 5) is 217. The lowest BCUT2D eigenvalue weighted by Crippen LogP contribution is -2.61. The van der Waals surface area contributed by atoms with Gasteiger partial charge in [0, 0.05) is 150 Å². The highest BCUT2D eigenvalue weighted by atomic mass is 16.4. The van der Waals surface area contributed by atoms with Gasteiger partial charge in [-0.15, -0.1) is 0 Å². The minimum atomic E-state index is -1.47. The Bertz CT molecular complexity index is 6070. The van der Waals surface area contributed by atoms with Crippen molar-refractivity contribution in [3.8, 4) is 0 Å². The fourth-order valence-corrected chi connectivity index (χ4v) is 19.2. The van der Waals surface area contributed by atoms with Crippen molar-refractivity contribution >= 4 is 143 Å². The molecule has 0 aliphatic carbocycles. The molecule has 39 heteroatoms. The van der Waals surface area contributed by atoms with Crippen LogP contribution >= 0.6 is 0 Å². The summed E-state index contributed by atoms with van der Waals surface area (Å²) in [7, 11) is 0. The number of H-pyrrole nitrogens is 5. The summed E-state index contributed by atoms with van der Waals surface area (Å²) in [6.07, 6.45) is 11.4. The number of carbonyl (C=O) groups excluding carboxylic acids is 12. The van der Waals surface area contributed by atoms with E-state index in [-0.39, 0.29) is 141 Å². The summed E-state index contributed by atoms with van der Waals surface area (Å²) in [5.74, 6) is -10.9. The van der Waals surface area contributed by atoms with E-state index in [4.69, 9.17) is 33.8 Å². The third-order valence-electron chi connectivity index (χ3n) is 26.8. The molecule has 0 unspecified atom stereocenters. The first-order valence-electron chi connectivity index (χ1n) is 48.2. The number of benzene rings is 5. The van der Waals surface area contributed by atoms with Crippen molar-refractivity contribution in [1.29, 1.82) is 10.8 Å². The number of aliphatic carboxylic acids is 1. The van der Waals surface area contributed by atoms with Crippen LogP contribution in [0, 0.1) is 22.7 Å². The third kappa shape index (κ3) is 26.0. The van der Waals surface area contributed by atoms with Gasteiger partial charge in [-0.2, -0.15) is 0 Å². The van der Waals surface area contributed by atoms with E-state index in [2.05, 4.69) is 83.4 Å². The van der Waals surface area contributed by atoms with E-state index in [1.165, 1.54) is 14.7 Å². The fraction of sp³-hybridized carbons (Fsp3) is 0.450. The standard InChI is InChI=1S/C100H131N25O14/c1-5-57(4)85(98(138)139)122-91(131)76(45-56(2)3)116-92(132)82-36-20-42-123(82)95(135)79(48-60-53-111-71-31-13-8-25-65(60)71)119-87(127)74(34-16-17-39-101)115-89(129)77(46-58-51-109-69-29-11-6-23-63(58)69)117-93(133)83-37-22-44-125(83)97(137)81(50-62-55-113-73-33-15-10-27-67(62)73)121-90(130)78(47-59-52-110-70-30-12-7-24-64(59)70)118-94(134)84-38-21-43-124(84)96(136)80(49-61-54-112-72-32-14-9-26-66(61)72)120-88(128)75(35-19-41-108-100(105)106)114-86(126)68(102)28-18-40-107-99(103)104/h6-15,23-27,29-33,51-57,68,74-85,109-113H,5,16-22,28,34-50,101-102H2,1-4H3,(H,114,126)(H,115,129)(H,116,132)(H,117,133)(H,118,134)(H,119,127)(H,120,128)(H,121,130)(H,122,131)(H,138,139)(H4,103,104,107)(H4,105,106,108)/t57-,68-,74-,75-,76-,77-,78-,79-,80-,81-,82-,83-,84-,85-/m0/s1. The van der Waals surface area contributed by atoms with Crippen molar-refractivity contribution in [2.45, 2.75) is 235 Å². The van der Waals surface area contributed by atoms with Crippen molar-refractivity contribution < 1.29 is 67.4 Å². The molecule has 3 aliphatic rings. The smallest absolute Gasteiger partial charge is 0.326 e. The number of hydrogen-bond acceptors (Lipinski definition) is 17. The zero-order valence-corrected chi connectivity index (χ0v) is 78.9. The first-order valence-corrected chi connectivity index (χ1v) is 48.2. The van der Waals surface area contributed by atoms with E-state index in [0.29, 0.717) is 72.8 Å². The average molecular weight is 1910 g/mol. The van der Waals surface area contributed by atoms with E-state index >= 15 is 38.4 Å². The number of fused-ring (bicyclic) bond motifs is 5. The summed E-state index contributed by atoms with van der Waals surface area (Å²) in [6, 6.07) is 20.0.